The number of anilines is 1. The number of ether oxygens (including phenoxy) is 1. The van der Waals surface area contributed by atoms with Gasteiger partial charge in [0.25, 0.3) is 0 Å². The van der Waals surface area contributed by atoms with Gasteiger partial charge in [-0.05, 0) is 37.3 Å². The summed E-state index contributed by atoms with van der Waals surface area (Å²) in [6, 6.07) is 14.2. The molecule has 0 bridgehead atoms. The molecule has 0 aromatic heterocycles. The van der Waals surface area contributed by atoms with Crippen LogP contribution in [0.2, 0.25) is 0 Å². The van der Waals surface area contributed by atoms with Gasteiger partial charge >= 0.3 is 0 Å². The first-order chi connectivity index (χ1) is 10.1. The molecule has 0 spiro atoms. The van der Waals surface area contributed by atoms with Crippen molar-refractivity contribution in [2.45, 2.75) is 13.3 Å². The van der Waals surface area contributed by atoms with E-state index < -0.39 is 0 Å². The van der Waals surface area contributed by atoms with Crippen molar-refractivity contribution < 1.29 is 14.3 Å². The number of rotatable bonds is 5. The van der Waals surface area contributed by atoms with E-state index in [9.17, 15) is 9.59 Å². The lowest BCUT2D eigenvalue weighted by molar-refractivity contribution is -0.115. The minimum atomic E-state index is -0.130. The highest BCUT2D eigenvalue weighted by Gasteiger charge is 2.08. The fourth-order valence-corrected chi connectivity index (χ4v) is 2.02. The molecule has 1 amide bonds. The molecule has 108 valence electrons. The molecular formula is C17H17NO3. The first kappa shape index (κ1) is 14.8. The number of amides is 1. The Hall–Kier alpha value is -2.62. The Kier molecular flexibility index (Phi) is 4.72. The molecule has 0 heterocycles. The van der Waals surface area contributed by atoms with E-state index in [0.29, 0.717) is 17.0 Å². The van der Waals surface area contributed by atoms with Gasteiger partial charge in [0.1, 0.15) is 5.75 Å². The van der Waals surface area contributed by atoms with E-state index in [1.54, 1.807) is 31.4 Å². The monoisotopic (exact) mass is 283 g/mol. The minimum Gasteiger partial charge on any atom is -0.496 e. The van der Waals surface area contributed by atoms with Gasteiger partial charge in [0.15, 0.2) is 5.78 Å². The zero-order valence-corrected chi connectivity index (χ0v) is 12.1. The number of ketones is 1. The second kappa shape index (κ2) is 6.70. The minimum absolute atomic E-state index is 0.00176. The number of hydrogen-bond donors (Lipinski definition) is 1. The van der Waals surface area contributed by atoms with Crippen LogP contribution < -0.4 is 10.1 Å². The van der Waals surface area contributed by atoms with Crippen molar-refractivity contribution in [1.82, 2.24) is 0 Å². The van der Waals surface area contributed by atoms with Crippen molar-refractivity contribution in [2.24, 2.45) is 0 Å². The van der Waals surface area contributed by atoms with E-state index >= 15 is 0 Å². The van der Waals surface area contributed by atoms with Crippen LogP contribution in [0.25, 0.3) is 0 Å². The SMILES string of the molecule is COc1ccccc1CC(=O)Nc1ccc(C(C)=O)cc1. The first-order valence-corrected chi connectivity index (χ1v) is 6.63. The van der Waals surface area contributed by atoms with E-state index in [-0.39, 0.29) is 18.1 Å². The molecule has 0 unspecified atom stereocenters. The van der Waals surface area contributed by atoms with Gasteiger partial charge in [-0.25, -0.2) is 0 Å². The maximum atomic E-state index is 12.0. The molecule has 0 saturated heterocycles. The van der Waals surface area contributed by atoms with Crippen molar-refractivity contribution >= 4 is 17.4 Å². The topological polar surface area (TPSA) is 55.4 Å². The summed E-state index contributed by atoms with van der Waals surface area (Å²) in [6.45, 7) is 1.51. The second-order valence-electron chi connectivity index (χ2n) is 4.67. The van der Waals surface area contributed by atoms with E-state index in [0.717, 1.165) is 5.56 Å². The lowest BCUT2D eigenvalue weighted by Crippen LogP contribution is -2.15. The summed E-state index contributed by atoms with van der Waals surface area (Å²) in [5.74, 6) is 0.566. The summed E-state index contributed by atoms with van der Waals surface area (Å²) in [6.07, 6.45) is 0.235. The van der Waals surface area contributed by atoms with Gasteiger partial charge in [0.2, 0.25) is 5.91 Å². The molecule has 4 heteroatoms. The van der Waals surface area contributed by atoms with Crippen molar-refractivity contribution in [3.05, 3.63) is 59.7 Å². The number of benzene rings is 2. The first-order valence-electron chi connectivity index (χ1n) is 6.63. The molecule has 2 aromatic carbocycles. The van der Waals surface area contributed by atoms with Gasteiger partial charge in [0, 0.05) is 16.8 Å². The molecule has 0 saturated carbocycles. The van der Waals surface area contributed by atoms with Crippen molar-refractivity contribution in [3.8, 4) is 5.75 Å². The lowest BCUT2D eigenvalue weighted by atomic mass is 10.1. The second-order valence-corrected chi connectivity index (χ2v) is 4.67. The van der Waals surface area contributed by atoms with Gasteiger partial charge in [-0.1, -0.05) is 18.2 Å². The number of hydrogen-bond acceptors (Lipinski definition) is 3. The van der Waals surface area contributed by atoms with Crippen molar-refractivity contribution in [3.63, 3.8) is 0 Å². The number of carbonyl (C=O) groups excluding carboxylic acids is 2. The summed E-state index contributed by atoms with van der Waals surface area (Å²) >= 11 is 0. The number of carbonyl (C=O) groups is 2. The van der Waals surface area contributed by atoms with Crippen LogP contribution in [-0.4, -0.2) is 18.8 Å². The molecule has 4 nitrogen and oxygen atoms in total. The fraction of sp³-hybridized carbons (Fsp3) is 0.176. The molecule has 0 aliphatic carbocycles. The number of nitrogens with one attached hydrogen (secondary N) is 1. The van der Waals surface area contributed by atoms with Crippen LogP contribution >= 0.6 is 0 Å². The predicted octanol–water partition coefficient (Wildman–Crippen LogP) is 3.08. The molecule has 2 aromatic rings. The zero-order valence-electron chi connectivity index (χ0n) is 12.1. The molecule has 0 radical (unpaired) electrons. The summed E-state index contributed by atoms with van der Waals surface area (Å²) in [4.78, 5) is 23.2. The van der Waals surface area contributed by atoms with Gasteiger partial charge < -0.3 is 10.1 Å². The Bertz CT molecular complexity index is 647. The Balaban J connectivity index is 2.03. The molecule has 1 N–H and O–H groups in total. The Morgan fingerprint density at radius 3 is 2.33 bits per heavy atom. The quantitative estimate of drug-likeness (QED) is 0.858. The summed E-state index contributed by atoms with van der Waals surface area (Å²) in [7, 11) is 1.58. The van der Waals surface area contributed by atoms with E-state index in [1.165, 1.54) is 6.92 Å². The van der Waals surface area contributed by atoms with Crippen LogP contribution in [0, 0.1) is 0 Å². The van der Waals surface area contributed by atoms with Crippen molar-refractivity contribution in [2.75, 3.05) is 12.4 Å². The smallest absolute Gasteiger partial charge is 0.228 e. The molecule has 0 atom stereocenters. The number of Topliss-reactive ketones (excluding diaryl/α,β-unsaturated/α-hetero) is 1. The average Bonchev–Trinajstić information content (AvgIpc) is 2.48. The normalized spacial score (nSPS) is 10.0. The van der Waals surface area contributed by atoms with Gasteiger partial charge in [-0.2, -0.15) is 0 Å². The molecule has 21 heavy (non-hydrogen) atoms. The highest BCUT2D eigenvalue weighted by molar-refractivity contribution is 5.96. The molecule has 0 aliphatic heterocycles. The molecular weight excluding hydrogens is 266 g/mol. The average molecular weight is 283 g/mol. The Morgan fingerprint density at radius 2 is 1.71 bits per heavy atom. The third-order valence-corrected chi connectivity index (χ3v) is 3.12. The van der Waals surface area contributed by atoms with Crippen LogP contribution in [0.5, 0.6) is 5.75 Å². The van der Waals surface area contributed by atoms with Crippen LogP contribution in [0.1, 0.15) is 22.8 Å². The predicted molar refractivity (Wildman–Crippen MR) is 81.8 cm³/mol. The van der Waals surface area contributed by atoms with E-state index in [4.69, 9.17) is 4.74 Å². The van der Waals surface area contributed by atoms with Gasteiger partial charge in [0.05, 0.1) is 13.5 Å². The number of methoxy groups -OCH3 is 1. The van der Waals surface area contributed by atoms with Crippen LogP contribution in [-0.2, 0) is 11.2 Å². The standard InChI is InChI=1S/C17H17NO3/c1-12(19)13-7-9-15(10-8-13)18-17(20)11-14-5-3-4-6-16(14)21-2/h3-10H,11H2,1-2H3,(H,18,20). The van der Waals surface area contributed by atoms with E-state index in [1.807, 2.05) is 24.3 Å². The summed E-state index contributed by atoms with van der Waals surface area (Å²) in [5, 5.41) is 2.80. The lowest BCUT2D eigenvalue weighted by Gasteiger charge is -2.09. The van der Waals surface area contributed by atoms with Gasteiger partial charge in [-0.15, -0.1) is 0 Å². The fourth-order valence-electron chi connectivity index (χ4n) is 2.02. The third-order valence-electron chi connectivity index (χ3n) is 3.12. The highest BCUT2D eigenvalue weighted by atomic mass is 16.5. The third kappa shape index (κ3) is 3.92. The molecule has 2 rings (SSSR count). The van der Waals surface area contributed by atoms with E-state index in [2.05, 4.69) is 5.32 Å². The van der Waals surface area contributed by atoms with Gasteiger partial charge in [-0.3, -0.25) is 9.59 Å². The maximum absolute atomic E-state index is 12.0. The molecule has 0 aliphatic rings. The maximum Gasteiger partial charge on any atom is 0.228 e. The Labute approximate surface area is 123 Å². The van der Waals surface area contributed by atoms with Crippen molar-refractivity contribution in [1.29, 1.82) is 0 Å². The molecule has 0 fully saturated rings. The highest BCUT2D eigenvalue weighted by Crippen LogP contribution is 2.18. The summed E-state index contributed by atoms with van der Waals surface area (Å²) < 4.78 is 5.22. The number of para-hydroxylation sites is 1. The van der Waals surface area contributed by atoms with Crippen LogP contribution in [0.15, 0.2) is 48.5 Å². The largest absolute Gasteiger partial charge is 0.496 e. The van der Waals surface area contributed by atoms with Crippen LogP contribution in [0.3, 0.4) is 0 Å². The zero-order chi connectivity index (χ0) is 15.2. The Morgan fingerprint density at radius 1 is 1.05 bits per heavy atom. The summed E-state index contributed by atoms with van der Waals surface area (Å²) in [5.41, 5.74) is 2.12. The van der Waals surface area contributed by atoms with Crippen LogP contribution in [0.4, 0.5) is 5.69 Å².